The highest BCUT2D eigenvalue weighted by atomic mass is 19.1. The highest BCUT2D eigenvalue weighted by Crippen LogP contribution is 2.44. The van der Waals surface area contributed by atoms with Gasteiger partial charge in [-0.15, -0.1) is 0 Å². The Morgan fingerprint density at radius 1 is 0.750 bits per heavy atom. The molecule has 3 fully saturated rings. The van der Waals surface area contributed by atoms with Crippen LogP contribution in [-0.4, -0.2) is 6.67 Å². The minimum atomic E-state index is -0.212. The van der Waals surface area contributed by atoms with Gasteiger partial charge in [0.25, 0.3) is 0 Å². The van der Waals surface area contributed by atoms with Crippen molar-refractivity contribution < 1.29 is 8.78 Å². The van der Waals surface area contributed by atoms with E-state index < -0.39 is 0 Å². The van der Waals surface area contributed by atoms with Crippen LogP contribution < -0.4 is 0 Å². The van der Waals surface area contributed by atoms with Gasteiger partial charge in [-0.05, 0) is 117 Å². The summed E-state index contributed by atoms with van der Waals surface area (Å²) in [4.78, 5) is 0. The molecule has 4 rings (SSSR count). The predicted octanol–water partition coefficient (Wildman–Crippen LogP) is 8.17. The van der Waals surface area contributed by atoms with E-state index in [1.165, 1.54) is 56.9 Å². The Morgan fingerprint density at radius 2 is 1.32 bits per heavy atom. The smallest absolute Gasteiger partial charge is 0.126 e. The van der Waals surface area contributed by atoms with E-state index in [-0.39, 0.29) is 18.4 Å². The highest BCUT2D eigenvalue weighted by Gasteiger charge is 2.31. The molecule has 0 bridgehead atoms. The molecule has 0 N–H and O–H groups in total. The van der Waals surface area contributed by atoms with Gasteiger partial charge in [0.05, 0.1) is 6.67 Å². The molecule has 1 aromatic carbocycles. The van der Waals surface area contributed by atoms with E-state index in [9.17, 15) is 8.78 Å². The molecule has 2 heteroatoms. The fraction of sp³-hybridized carbons (Fsp3) is 0.769. The molecule has 156 valence electrons. The minimum absolute atomic E-state index is 0.00964. The van der Waals surface area contributed by atoms with Crippen molar-refractivity contribution in [3.8, 4) is 0 Å². The largest absolute Gasteiger partial charge is 0.251 e. The van der Waals surface area contributed by atoms with Crippen LogP contribution >= 0.6 is 0 Å². The number of rotatable bonds is 4. The lowest BCUT2D eigenvalue weighted by molar-refractivity contribution is 0.165. The average molecular weight is 389 g/mol. The van der Waals surface area contributed by atoms with Crippen LogP contribution in [-0.2, 0) is 0 Å². The zero-order valence-corrected chi connectivity index (χ0v) is 17.6. The van der Waals surface area contributed by atoms with E-state index in [1.807, 2.05) is 6.07 Å². The first kappa shape index (κ1) is 20.4. The molecule has 1 aromatic rings. The van der Waals surface area contributed by atoms with E-state index in [1.54, 1.807) is 0 Å². The van der Waals surface area contributed by atoms with Crippen molar-refractivity contribution in [1.29, 1.82) is 0 Å². The topological polar surface area (TPSA) is 0 Å². The average Bonchev–Trinajstić information content (AvgIpc) is 2.74. The van der Waals surface area contributed by atoms with Crippen molar-refractivity contribution in [1.82, 2.24) is 0 Å². The van der Waals surface area contributed by atoms with Crippen LogP contribution in [0.2, 0.25) is 0 Å². The maximum Gasteiger partial charge on any atom is 0.126 e. The van der Waals surface area contributed by atoms with Gasteiger partial charge in [-0.1, -0.05) is 31.9 Å². The van der Waals surface area contributed by atoms with Gasteiger partial charge in [-0.3, -0.25) is 4.39 Å². The van der Waals surface area contributed by atoms with Gasteiger partial charge in [0, 0.05) is 0 Å². The zero-order valence-electron chi connectivity index (χ0n) is 17.6. The molecule has 0 heterocycles. The number of hydrogen-bond donors (Lipinski definition) is 0. The minimum Gasteiger partial charge on any atom is -0.251 e. The summed E-state index contributed by atoms with van der Waals surface area (Å²) < 4.78 is 27.7. The molecule has 0 unspecified atom stereocenters. The first-order valence-corrected chi connectivity index (χ1v) is 12.0. The van der Waals surface area contributed by atoms with E-state index in [2.05, 4.69) is 19.1 Å². The molecule has 3 aliphatic carbocycles. The Kier molecular flexibility index (Phi) is 6.74. The molecule has 0 aliphatic heterocycles. The van der Waals surface area contributed by atoms with E-state index in [4.69, 9.17) is 0 Å². The first-order chi connectivity index (χ1) is 13.6. The van der Waals surface area contributed by atoms with Gasteiger partial charge in [0.15, 0.2) is 0 Å². The molecular formula is C26H38F2. The van der Waals surface area contributed by atoms with Crippen molar-refractivity contribution in [2.45, 2.75) is 95.8 Å². The summed E-state index contributed by atoms with van der Waals surface area (Å²) in [7, 11) is 0. The summed E-state index contributed by atoms with van der Waals surface area (Å²) >= 11 is 0. The van der Waals surface area contributed by atoms with Gasteiger partial charge in [0.2, 0.25) is 0 Å². The molecule has 0 radical (unpaired) electrons. The molecule has 3 aliphatic rings. The molecule has 0 nitrogen and oxygen atoms in total. The number of hydrogen-bond acceptors (Lipinski definition) is 0. The van der Waals surface area contributed by atoms with Crippen molar-refractivity contribution in [3.63, 3.8) is 0 Å². The molecular weight excluding hydrogens is 350 g/mol. The fourth-order valence-electron chi connectivity index (χ4n) is 6.44. The van der Waals surface area contributed by atoms with Crippen LogP contribution in [0, 0.1) is 29.5 Å². The maximum atomic E-state index is 14.9. The highest BCUT2D eigenvalue weighted by molar-refractivity contribution is 5.30. The Bertz CT molecular complexity index is 615. The van der Waals surface area contributed by atoms with Crippen LogP contribution in [0.25, 0.3) is 0 Å². The summed E-state index contributed by atoms with van der Waals surface area (Å²) in [5.41, 5.74) is 2.10. The summed E-state index contributed by atoms with van der Waals surface area (Å²) in [6.45, 7) is 2.19. The normalized spacial score (nSPS) is 37.0. The standard InChI is InChI=1S/C26H38F2/c1-18-2-6-20(7-3-18)21-10-12-22(13-11-21)24-14-15-25(26(28)16-24)23-8-4-19(17-27)5-9-23/h14-16,18-23H,2-13,17H2,1H3. The third-order valence-electron chi connectivity index (χ3n) is 8.50. The Hall–Kier alpha value is -0.920. The molecule has 3 saturated carbocycles. The fourth-order valence-corrected chi connectivity index (χ4v) is 6.44. The Labute approximate surface area is 170 Å². The van der Waals surface area contributed by atoms with E-state index >= 15 is 0 Å². The SMILES string of the molecule is CC1CCC(C2CCC(c3ccc(C4CCC(CF)CC4)c(F)c3)CC2)CC1. The number of benzene rings is 1. The van der Waals surface area contributed by atoms with E-state index in [0.29, 0.717) is 11.8 Å². The van der Waals surface area contributed by atoms with Crippen molar-refractivity contribution in [2.75, 3.05) is 6.67 Å². The molecule has 0 atom stereocenters. The zero-order chi connectivity index (χ0) is 19.5. The second-order valence-corrected chi connectivity index (χ2v) is 10.3. The molecule has 0 amide bonds. The maximum absolute atomic E-state index is 14.9. The van der Waals surface area contributed by atoms with Crippen LogP contribution in [0.15, 0.2) is 18.2 Å². The summed E-state index contributed by atoms with van der Waals surface area (Å²) in [6.07, 6.45) is 14.5. The van der Waals surface area contributed by atoms with E-state index in [0.717, 1.165) is 49.0 Å². The monoisotopic (exact) mass is 388 g/mol. The third kappa shape index (κ3) is 4.62. The summed E-state index contributed by atoms with van der Waals surface area (Å²) in [5.74, 6) is 3.84. The van der Waals surface area contributed by atoms with Crippen molar-refractivity contribution >= 4 is 0 Å². The van der Waals surface area contributed by atoms with Gasteiger partial charge in [0.1, 0.15) is 5.82 Å². The van der Waals surface area contributed by atoms with Crippen LogP contribution in [0.4, 0.5) is 8.78 Å². The summed E-state index contributed by atoms with van der Waals surface area (Å²) in [5, 5.41) is 0. The lowest BCUT2D eigenvalue weighted by Gasteiger charge is -2.37. The Morgan fingerprint density at radius 3 is 1.89 bits per heavy atom. The van der Waals surface area contributed by atoms with Crippen LogP contribution in [0.3, 0.4) is 0 Å². The predicted molar refractivity (Wildman–Crippen MR) is 113 cm³/mol. The third-order valence-corrected chi connectivity index (χ3v) is 8.50. The Balaban J connectivity index is 1.32. The second-order valence-electron chi connectivity index (χ2n) is 10.3. The van der Waals surface area contributed by atoms with Gasteiger partial charge >= 0.3 is 0 Å². The van der Waals surface area contributed by atoms with Crippen molar-refractivity contribution in [2.24, 2.45) is 23.7 Å². The summed E-state index contributed by atoms with van der Waals surface area (Å²) in [6, 6.07) is 6.09. The second kappa shape index (κ2) is 9.26. The van der Waals surface area contributed by atoms with Gasteiger partial charge < -0.3 is 0 Å². The lowest BCUT2D eigenvalue weighted by atomic mass is 9.68. The molecule has 28 heavy (non-hydrogen) atoms. The quantitative estimate of drug-likeness (QED) is 0.488. The lowest BCUT2D eigenvalue weighted by Crippen LogP contribution is -2.24. The molecule has 0 aromatic heterocycles. The number of halogens is 2. The van der Waals surface area contributed by atoms with Crippen LogP contribution in [0.5, 0.6) is 0 Å². The van der Waals surface area contributed by atoms with Crippen LogP contribution in [0.1, 0.15) is 107 Å². The first-order valence-electron chi connectivity index (χ1n) is 12.0. The molecule has 0 saturated heterocycles. The van der Waals surface area contributed by atoms with Gasteiger partial charge in [-0.2, -0.15) is 0 Å². The van der Waals surface area contributed by atoms with Gasteiger partial charge in [-0.25, -0.2) is 4.39 Å². The number of alkyl halides is 1. The molecule has 0 spiro atoms. The van der Waals surface area contributed by atoms with Crippen molar-refractivity contribution in [3.05, 3.63) is 35.1 Å².